The Morgan fingerprint density at radius 1 is 1.30 bits per heavy atom. The minimum atomic E-state index is -3.01. The summed E-state index contributed by atoms with van der Waals surface area (Å²) in [5.74, 6) is 1.92. The van der Waals surface area contributed by atoms with Crippen LogP contribution in [0.1, 0.15) is 12.8 Å². The second-order valence-corrected chi connectivity index (χ2v) is 9.17. The third kappa shape index (κ3) is 5.18. The standard InChI is InChI=1S/C19H21F3N6OS.CH2O2/c20-11-1-2-27(7-11)19-25-14(10-3-15(29-18(21)22)17(23)24-6-10)5-16(26-19)28-8-13-4-12(28)9-30-13;2-1-3/h3,5-6,11-13,18H,1-2,4,7-9H2,(H2,23,24);1H,(H,2,3)/t11-,12+,13+;/m1./s1. The molecule has 2 aromatic heterocycles. The highest BCUT2D eigenvalue weighted by Crippen LogP contribution is 2.41. The molecule has 178 valence electrons. The summed E-state index contributed by atoms with van der Waals surface area (Å²) in [6.07, 6.45) is 2.11. The van der Waals surface area contributed by atoms with Crippen LogP contribution in [0, 0.1) is 0 Å². The van der Waals surface area contributed by atoms with Crippen LogP contribution in [0.5, 0.6) is 5.75 Å². The third-order valence-corrected chi connectivity index (χ3v) is 7.09. The van der Waals surface area contributed by atoms with Gasteiger partial charge in [0, 0.05) is 48.0 Å². The van der Waals surface area contributed by atoms with Crippen LogP contribution in [0.15, 0.2) is 18.3 Å². The van der Waals surface area contributed by atoms with E-state index in [0.29, 0.717) is 41.5 Å². The van der Waals surface area contributed by atoms with E-state index in [-0.39, 0.29) is 24.6 Å². The topological polar surface area (TPSA) is 118 Å². The Bertz CT molecular complexity index is 1000. The number of thioether (sulfide) groups is 1. The summed E-state index contributed by atoms with van der Waals surface area (Å²) in [4.78, 5) is 25.8. The first-order valence-corrected chi connectivity index (χ1v) is 11.4. The van der Waals surface area contributed by atoms with Gasteiger partial charge < -0.3 is 25.4 Å². The van der Waals surface area contributed by atoms with E-state index in [4.69, 9.17) is 20.6 Å². The number of hydrogen-bond donors (Lipinski definition) is 2. The lowest BCUT2D eigenvalue weighted by molar-refractivity contribution is -0.122. The molecular formula is C20H23F3N6O3S. The molecule has 0 aromatic carbocycles. The molecule has 3 saturated heterocycles. The fourth-order valence-electron chi connectivity index (χ4n) is 4.22. The van der Waals surface area contributed by atoms with E-state index in [1.165, 1.54) is 12.3 Å². The highest BCUT2D eigenvalue weighted by Gasteiger charge is 2.39. The Kier molecular flexibility index (Phi) is 6.96. The van der Waals surface area contributed by atoms with Gasteiger partial charge in [-0.05, 0) is 18.9 Å². The maximum atomic E-state index is 13.8. The number of ether oxygens (including phenoxy) is 1. The molecule has 3 aliphatic rings. The van der Waals surface area contributed by atoms with Crippen LogP contribution in [0.4, 0.5) is 30.8 Å². The Morgan fingerprint density at radius 3 is 2.70 bits per heavy atom. The lowest BCUT2D eigenvalue weighted by Crippen LogP contribution is -2.35. The van der Waals surface area contributed by atoms with Gasteiger partial charge in [0.1, 0.15) is 12.0 Å². The van der Waals surface area contributed by atoms with Gasteiger partial charge >= 0.3 is 6.61 Å². The van der Waals surface area contributed by atoms with Gasteiger partial charge in [0.05, 0.1) is 12.2 Å². The Balaban J connectivity index is 0.000000821. The largest absolute Gasteiger partial charge is 0.483 e. The molecule has 9 nitrogen and oxygen atoms in total. The van der Waals surface area contributed by atoms with Crippen molar-refractivity contribution in [1.82, 2.24) is 15.0 Å². The number of hydrogen-bond acceptors (Lipinski definition) is 9. The number of nitrogens with two attached hydrogens (primary N) is 1. The lowest BCUT2D eigenvalue weighted by atomic mass is 10.2. The maximum absolute atomic E-state index is 13.8. The summed E-state index contributed by atoms with van der Waals surface area (Å²) >= 11 is 1.97. The number of alkyl halides is 3. The molecule has 13 heteroatoms. The van der Waals surface area contributed by atoms with Gasteiger partial charge in [-0.2, -0.15) is 25.5 Å². The summed E-state index contributed by atoms with van der Waals surface area (Å²) in [6.45, 7) is -1.59. The summed E-state index contributed by atoms with van der Waals surface area (Å²) in [6, 6.07) is 3.64. The normalized spacial score (nSPS) is 23.6. The molecule has 0 aliphatic carbocycles. The molecule has 2 aromatic rings. The quantitative estimate of drug-likeness (QED) is 0.613. The van der Waals surface area contributed by atoms with Crippen LogP contribution in [-0.4, -0.2) is 76.0 Å². The number of carboxylic acid groups (broad SMARTS) is 1. The minimum absolute atomic E-state index is 0.123. The van der Waals surface area contributed by atoms with Crippen molar-refractivity contribution in [2.75, 3.05) is 40.9 Å². The van der Waals surface area contributed by atoms with Crippen molar-refractivity contribution >= 4 is 35.8 Å². The second kappa shape index (κ2) is 9.89. The molecule has 3 aliphatic heterocycles. The van der Waals surface area contributed by atoms with Crippen molar-refractivity contribution in [3.8, 4) is 17.0 Å². The molecule has 3 atom stereocenters. The number of halogens is 3. The van der Waals surface area contributed by atoms with Gasteiger partial charge in [-0.3, -0.25) is 4.79 Å². The van der Waals surface area contributed by atoms with Gasteiger partial charge in [-0.1, -0.05) is 0 Å². The van der Waals surface area contributed by atoms with Crippen molar-refractivity contribution in [2.24, 2.45) is 0 Å². The first kappa shape index (κ1) is 23.2. The Morgan fingerprint density at radius 2 is 2.09 bits per heavy atom. The van der Waals surface area contributed by atoms with Crippen LogP contribution in [0.25, 0.3) is 11.3 Å². The zero-order chi connectivity index (χ0) is 23.5. The predicted molar refractivity (Wildman–Crippen MR) is 119 cm³/mol. The molecule has 3 N–H and O–H groups in total. The number of carbonyl (C=O) groups is 1. The SMILES string of the molecule is Nc1ncc(-c2cc(N3C[C@@H]4C[C@H]3CS4)nc(N3CC[C@@H](F)C3)n2)cc1OC(F)F.O=CO. The van der Waals surface area contributed by atoms with E-state index in [1.54, 1.807) is 0 Å². The third-order valence-electron chi connectivity index (χ3n) is 5.70. The highest BCUT2D eigenvalue weighted by atomic mass is 32.2. The van der Waals surface area contributed by atoms with Crippen LogP contribution < -0.4 is 20.3 Å². The first-order chi connectivity index (χ1) is 15.9. The van der Waals surface area contributed by atoms with E-state index in [2.05, 4.69) is 19.6 Å². The minimum Gasteiger partial charge on any atom is -0.483 e. The van der Waals surface area contributed by atoms with E-state index < -0.39 is 12.8 Å². The average molecular weight is 485 g/mol. The summed E-state index contributed by atoms with van der Waals surface area (Å²) in [5.41, 5.74) is 6.67. The van der Waals surface area contributed by atoms with E-state index in [9.17, 15) is 13.2 Å². The van der Waals surface area contributed by atoms with Crippen LogP contribution in [-0.2, 0) is 4.79 Å². The van der Waals surface area contributed by atoms with Crippen molar-refractivity contribution in [3.05, 3.63) is 18.3 Å². The average Bonchev–Trinajstić information content (AvgIpc) is 3.52. The molecule has 5 heterocycles. The van der Waals surface area contributed by atoms with E-state index in [0.717, 1.165) is 24.5 Å². The molecule has 0 unspecified atom stereocenters. The van der Waals surface area contributed by atoms with Crippen molar-refractivity contribution in [3.63, 3.8) is 0 Å². The number of aromatic nitrogens is 3. The zero-order valence-electron chi connectivity index (χ0n) is 17.5. The fourth-order valence-corrected chi connectivity index (χ4v) is 5.66. The van der Waals surface area contributed by atoms with E-state index >= 15 is 0 Å². The molecule has 0 amide bonds. The lowest BCUT2D eigenvalue weighted by Gasteiger charge is -2.29. The predicted octanol–water partition coefficient (Wildman–Crippen LogP) is 2.67. The van der Waals surface area contributed by atoms with Crippen LogP contribution in [0.3, 0.4) is 0 Å². The fraction of sp³-hybridized carbons (Fsp3) is 0.500. The summed E-state index contributed by atoms with van der Waals surface area (Å²) in [7, 11) is 0. The zero-order valence-corrected chi connectivity index (χ0v) is 18.3. The number of fused-ring (bicyclic) bond motifs is 2. The first-order valence-electron chi connectivity index (χ1n) is 10.3. The Labute approximate surface area is 192 Å². The summed E-state index contributed by atoms with van der Waals surface area (Å²) in [5, 5.41) is 7.48. The van der Waals surface area contributed by atoms with Crippen molar-refractivity contribution in [2.45, 2.75) is 36.9 Å². The van der Waals surface area contributed by atoms with Crippen LogP contribution >= 0.6 is 11.8 Å². The summed E-state index contributed by atoms with van der Waals surface area (Å²) < 4.78 is 43.7. The molecule has 2 bridgehead atoms. The van der Waals surface area contributed by atoms with Gasteiger partial charge in [0.25, 0.3) is 6.47 Å². The molecular weight excluding hydrogens is 461 g/mol. The number of pyridine rings is 1. The molecule has 5 rings (SSSR count). The number of nitrogens with zero attached hydrogens (tertiary/aromatic N) is 5. The molecule has 3 fully saturated rings. The molecule has 0 spiro atoms. The highest BCUT2D eigenvalue weighted by molar-refractivity contribution is 8.00. The molecule has 0 saturated carbocycles. The molecule has 33 heavy (non-hydrogen) atoms. The Hall–Kier alpha value is -2.96. The molecule has 0 radical (unpaired) electrons. The van der Waals surface area contributed by atoms with Gasteiger partial charge in [0.2, 0.25) is 5.95 Å². The van der Waals surface area contributed by atoms with Crippen molar-refractivity contribution in [1.29, 1.82) is 0 Å². The van der Waals surface area contributed by atoms with Gasteiger partial charge in [0.15, 0.2) is 11.6 Å². The number of anilines is 3. The smallest absolute Gasteiger partial charge is 0.387 e. The van der Waals surface area contributed by atoms with Crippen molar-refractivity contribution < 1.29 is 27.8 Å². The van der Waals surface area contributed by atoms with Gasteiger partial charge in [-0.25, -0.2) is 14.4 Å². The number of rotatable bonds is 5. The second-order valence-electron chi connectivity index (χ2n) is 7.83. The monoisotopic (exact) mass is 484 g/mol. The van der Waals surface area contributed by atoms with Crippen LogP contribution in [0.2, 0.25) is 0 Å². The van der Waals surface area contributed by atoms with Gasteiger partial charge in [-0.15, -0.1) is 0 Å². The number of nitrogen functional groups attached to an aromatic ring is 1. The van der Waals surface area contributed by atoms with E-state index in [1.807, 2.05) is 22.7 Å². The maximum Gasteiger partial charge on any atom is 0.387 e.